The molecule has 0 aliphatic carbocycles. The third-order valence-corrected chi connectivity index (χ3v) is 8.08. The van der Waals surface area contributed by atoms with Gasteiger partial charge >= 0.3 is 0 Å². The van der Waals surface area contributed by atoms with Crippen molar-refractivity contribution in [3.63, 3.8) is 0 Å². The fraction of sp³-hybridized carbons (Fsp3) is 0.519. The Morgan fingerprint density at radius 1 is 1.11 bits per heavy atom. The van der Waals surface area contributed by atoms with E-state index in [-0.39, 0.29) is 0 Å². The Labute approximate surface area is 229 Å². The second-order valence-electron chi connectivity index (χ2n) is 9.53. The molecule has 4 rings (SSSR count). The standard InChI is InChI=1S/C27H39N7OS2/c1-6-35-24-25(28-23-18-19(3)31-32-23)29-27(37-22-10-8-21(9-11-22)36-7-2)30-26(24)34-16-13-20(14-17-34)12-15-33(4)5/h8-11,18,20H,6-7,12-17H2,1-5H3,(H2,28,29,30,31,32). The molecular weight excluding hydrogens is 502 g/mol. The fourth-order valence-corrected chi connectivity index (χ4v) is 5.81. The monoisotopic (exact) mass is 541 g/mol. The summed E-state index contributed by atoms with van der Waals surface area (Å²) in [6.45, 7) is 9.74. The molecule has 0 amide bonds. The van der Waals surface area contributed by atoms with Crippen LogP contribution in [0.2, 0.25) is 0 Å². The molecule has 0 spiro atoms. The van der Waals surface area contributed by atoms with Crippen molar-refractivity contribution in [3.8, 4) is 5.75 Å². The van der Waals surface area contributed by atoms with E-state index in [0.29, 0.717) is 29.1 Å². The molecule has 0 bridgehead atoms. The van der Waals surface area contributed by atoms with Crippen LogP contribution in [0.3, 0.4) is 0 Å². The molecule has 1 aromatic carbocycles. The zero-order valence-corrected chi connectivity index (χ0v) is 24.2. The number of piperidine rings is 1. The van der Waals surface area contributed by atoms with Crippen molar-refractivity contribution in [1.29, 1.82) is 0 Å². The Balaban J connectivity index is 1.62. The molecule has 10 heteroatoms. The predicted molar refractivity (Wildman–Crippen MR) is 155 cm³/mol. The number of aromatic amines is 1. The van der Waals surface area contributed by atoms with Gasteiger partial charge in [0.15, 0.2) is 22.6 Å². The van der Waals surface area contributed by atoms with Gasteiger partial charge in [0.1, 0.15) is 0 Å². The van der Waals surface area contributed by atoms with Crippen LogP contribution in [0.4, 0.5) is 17.5 Å². The maximum atomic E-state index is 6.17. The number of nitrogens with zero attached hydrogens (tertiary/aromatic N) is 5. The van der Waals surface area contributed by atoms with Crippen LogP contribution in [-0.2, 0) is 0 Å². The van der Waals surface area contributed by atoms with E-state index in [4.69, 9.17) is 14.7 Å². The molecule has 37 heavy (non-hydrogen) atoms. The van der Waals surface area contributed by atoms with Crippen LogP contribution in [0.25, 0.3) is 0 Å². The number of rotatable bonds is 12. The number of thioether (sulfide) groups is 1. The molecule has 3 aromatic rings. The maximum absolute atomic E-state index is 6.17. The Morgan fingerprint density at radius 2 is 1.84 bits per heavy atom. The Hall–Kier alpha value is -2.43. The average molecular weight is 542 g/mol. The highest BCUT2D eigenvalue weighted by Gasteiger charge is 2.26. The number of aryl methyl sites for hydroxylation is 1. The molecule has 1 saturated heterocycles. The van der Waals surface area contributed by atoms with E-state index in [2.05, 4.69) is 70.6 Å². The van der Waals surface area contributed by atoms with Crippen molar-refractivity contribution in [2.75, 3.05) is 56.3 Å². The van der Waals surface area contributed by atoms with Crippen molar-refractivity contribution in [1.82, 2.24) is 25.1 Å². The van der Waals surface area contributed by atoms with Crippen LogP contribution in [-0.4, -0.2) is 71.2 Å². The number of ether oxygens (including phenoxy) is 1. The van der Waals surface area contributed by atoms with Crippen LogP contribution >= 0.6 is 23.5 Å². The van der Waals surface area contributed by atoms with Gasteiger partial charge in [0.2, 0.25) is 5.75 Å². The molecule has 2 N–H and O–H groups in total. The highest BCUT2D eigenvalue weighted by molar-refractivity contribution is 7.99. The van der Waals surface area contributed by atoms with Gasteiger partial charge in [-0.2, -0.15) is 5.10 Å². The quantitative estimate of drug-likeness (QED) is 0.209. The zero-order valence-electron chi connectivity index (χ0n) is 22.6. The summed E-state index contributed by atoms with van der Waals surface area (Å²) in [6, 6.07) is 10.6. The van der Waals surface area contributed by atoms with E-state index in [9.17, 15) is 0 Å². The number of anilines is 3. The van der Waals surface area contributed by atoms with Crippen molar-refractivity contribution >= 4 is 41.0 Å². The van der Waals surface area contributed by atoms with Gasteiger partial charge < -0.3 is 19.9 Å². The number of benzene rings is 1. The van der Waals surface area contributed by atoms with Gasteiger partial charge in [-0.1, -0.05) is 6.92 Å². The van der Waals surface area contributed by atoms with Gasteiger partial charge in [0.05, 0.1) is 6.61 Å². The van der Waals surface area contributed by atoms with Gasteiger partial charge in [-0.25, -0.2) is 9.97 Å². The summed E-state index contributed by atoms with van der Waals surface area (Å²) in [6.07, 6.45) is 3.55. The van der Waals surface area contributed by atoms with Crippen molar-refractivity contribution in [2.24, 2.45) is 5.92 Å². The lowest BCUT2D eigenvalue weighted by Gasteiger charge is -2.34. The van der Waals surface area contributed by atoms with E-state index in [1.54, 1.807) is 11.8 Å². The van der Waals surface area contributed by atoms with E-state index in [0.717, 1.165) is 60.6 Å². The summed E-state index contributed by atoms with van der Waals surface area (Å²) in [5.41, 5.74) is 0.981. The lowest BCUT2D eigenvalue weighted by Crippen LogP contribution is -2.35. The fourth-order valence-electron chi connectivity index (χ4n) is 4.39. The summed E-state index contributed by atoms with van der Waals surface area (Å²) in [5, 5.41) is 11.4. The molecule has 0 saturated carbocycles. The molecule has 1 aliphatic heterocycles. The molecule has 0 atom stereocenters. The summed E-state index contributed by atoms with van der Waals surface area (Å²) in [5.74, 6) is 4.71. The first-order valence-electron chi connectivity index (χ1n) is 13.1. The molecule has 0 unspecified atom stereocenters. The second kappa shape index (κ2) is 13.4. The zero-order chi connectivity index (χ0) is 26.2. The Morgan fingerprint density at radius 3 is 2.46 bits per heavy atom. The number of hydrogen-bond donors (Lipinski definition) is 2. The Bertz CT molecular complexity index is 1130. The normalized spacial score (nSPS) is 14.4. The first-order valence-corrected chi connectivity index (χ1v) is 14.9. The first-order chi connectivity index (χ1) is 17.9. The van der Waals surface area contributed by atoms with E-state index < -0.39 is 0 Å². The lowest BCUT2D eigenvalue weighted by atomic mass is 9.93. The molecule has 200 valence electrons. The van der Waals surface area contributed by atoms with Crippen molar-refractivity contribution in [2.45, 2.75) is 55.0 Å². The maximum Gasteiger partial charge on any atom is 0.205 e. The second-order valence-corrected chi connectivity index (χ2v) is 11.9. The molecule has 3 heterocycles. The van der Waals surface area contributed by atoms with Gasteiger partial charge in [0, 0.05) is 34.6 Å². The van der Waals surface area contributed by atoms with Crippen LogP contribution in [0.1, 0.15) is 38.8 Å². The topological polar surface area (TPSA) is 82.2 Å². The van der Waals surface area contributed by atoms with Gasteiger partial charge in [0.25, 0.3) is 0 Å². The van der Waals surface area contributed by atoms with Gasteiger partial charge in [-0.15, -0.1) is 11.8 Å². The third-order valence-electron chi connectivity index (χ3n) is 6.31. The summed E-state index contributed by atoms with van der Waals surface area (Å²) < 4.78 is 6.17. The minimum Gasteiger partial charge on any atom is -0.487 e. The molecule has 2 aromatic heterocycles. The highest BCUT2D eigenvalue weighted by Crippen LogP contribution is 2.40. The van der Waals surface area contributed by atoms with E-state index >= 15 is 0 Å². The van der Waals surface area contributed by atoms with Gasteiger partial charge in [-0.05, 0) is 101 Å². The molecule has 1 aliphatic rings. The minimum absolute atomic E-state index is 0.535. The number of hydrogen-bond acceptors (Lipinski definition) is 9. The van der Waals surface area contributed by atoms with Crippen LogP contribution in [0.15, 0.2) is 45.3 Å². The summed E-state index contributed by atoms with van der Waals surface area (Å²) in [4.78, 5) is 17.0. The summed E-state index contributed by atoms with van der Waals surface area (Å²) >= 11 is 3.42. The number of H-pyrrole nitrogens is 1. The minimum atomic E-state index is 0.535. The van der Waals surface area contributed by atoms with E-state index in [1.807, 2.05) is 31.7 Å². The molecule has 1 fully saturated rings. The predicted octanol–water partition coefficient (Wildman–Crippen LogP) is 6.08. The van der Waals surface area contributed by atoms with Crippen LogP contribution in [0, 0.1) is 12.8 Å². The number of nitrogens with one attached hydrogen (secondary N) is 2. The largest absolute Gasteiger partial charge is 0.487 e. The van der Waals surface area contributed by atoms with Crippen LogP contribution in [0.5, 0.6) is 5.75 Å². The van der Waals surface area contributed by atoms with Crippen molar-refractivity contribution in [3.05, 3.63) is 36.0 Å². The van der Waals surface area contributed by atoms with E-state index in [1.165, 1.54) is 11.3 Å². The molecular formula is C27H39N7OS2. The number of aromatic nitrogens is 4. The SMILES string of the molecule is CCOc1c(Nc2cc(C)[nH]n2)nc(Sc2ccc(SCC)cc2)nc1N1CCC(CCN(C)C)CC1. The van der Waals surface area contributed by atoms with Crippen molar-refractivity contribution < 1.29 is 4.74 Å². The average Bonchev–Trinajstić information content (AvgIpc) is 3.30. The molecule has 8 nitrogen and oxygen atoms in total. The summed E-state index contributed by atoms with van der Waals surface area (Å²) in [7, 11) is 4.30. The smallest absolute Gasteiger partial charge is 0.205 e. The van der Waals surface area contributed by atoms with Gasteiger partial charge in [-0.3, -0.25) is 5.10 Å². The Kier molecular flexibility index (Phi) is 9.99. The lowest BCUT2D eigenvalue weighted by molar-refractivity contribution is 0.308. The van der Waals surface area contributed by atoms with Crippen LogP contribution < -0.4 is 15.0 Å². The third kappa shape index (κ3) is 7.78. The highest BCUT2D eigenvalue weighted by atomic mass is 32.2. The molecule has 0 radical (unpaired) electrons. The first kappa shape index (κ1) is 27.6.